The van der Waals surface area contributed by atoms with Crippen molar-refractivity contribution in [2.24, 2.45) is 10.9 Å². The number of nitrogens with two attached hydrogens (primary N) is 1. The van der Waals surface area contributed by atoms with Crippen LogP contribution in [0.2, 0.25) is 0 Å². The van der Waals surface area contributed by atoms with Crippen LogP contribution >= 0.6 is 0 Å². The summed E-state index contributed by atoms with van der Waals surface area (Å²) in [4.78, 5) is 0. The molecule has 0 fully saturated rings. The maximum Gasteiger partial charge on any atom is 0.0538 e. The second-order valence-electron chi connectivity index (χ2n) is 3.91. The highest BCUT2D eigenvalue weighted by molar-refractivity contribution is 5.89. The Balaban J connectivity index is 2.56. The van der Waals surface area contributed by atoms with Crippen LogP contribution in [0, 0.1) is 0 Å². The summed E-state index contributed by atoms with van der Waals surface area (Å²) in [6.07, 6.45) is 3.77. The van der Waals surface area contributed by atoms with E-state index in [-0.39, 0.29) is 0 Å². The zero-order valence-electron chi connectivity index (χ0n) is 9.01. The molecular formula is C12H15N3. The van der Waals surface area contributed by atoms with Gasteiger partial charge < -0.3 is 10.4 Å². The van der Waals surface area contributed by atoms with Gasteiger partial charge in [0.1, 0.15) is 0 Å². The van der Waals surface area contributed by atoms with Gasteiger partial charge in [-0.1, -0.05) is 6.07 Å². The summed E-state index contributed by atoms with van der Waals surface area (Å²) in [6.45, 7) is 4.35. The molecule has 0 aliphatic heterocycles. The molecule has 3 heteroatoms. The molecule has 3 nitrogen and oxygen atoms in total. The Kier molecular flexibility index (Phi) is 2.46. The average molecular weight is 201 g/mol. The first-order valence-corrected chi connectivity index (χ1v) is 5.06. The zero-order chi connectivity index (χ0) is 10.8. The number of hydrogen-bond acceptors (Lipinski definition) is 2. The molecule has 0 atom stereocenters. The number of benzene rings is 1. The molecule has 1 heterocycles. The Hall–Kier alpha value is -1.77. The van der Waals surface area contributed by atoms with E-state index in [0.29, 0.717) is 6.04 Å². The van der Waals surface area contributed by atoms with Gasteiger partial charge in [0.25, 0.3) is 0 Å². The molecule has 2 N–H and O–H groups in total. The summed E-state index contributed by atoms with van der Waals surface area (Å²) >= 11 is 0. The molecule has 1 aromatic heterocycles. The van der Waals surface area contributed by atoms with E-state index in [2.05, 4.69) is 47.9 Å². The summed E-state index contributed by atoms with van der Waals surface area (Å²) in [6, 6.07) is 8.81. The van der Waals surface area contributed by atoms with E-state index in [1.54, 1.807) is 6.21 Å². The lowest BCUT2D eigenvalue weighted by atomic mass is 10.2. The molecule has 0 saturated carbocycles. The van der Waals surface area contributed by atoms with Crippen molar-refractivity contribution in [1.82, 2.24) is 4.57 Å². The lowest BCUT2D eigenvalue weighted by Gasteiger charge is -2.08. The first kappa shape index (κ1) is 9.77. The quantitative estimate of drug-likeness (QED) is 0.453. The summed E-state index contributed by atoms with van der Waals surface area (Å²) in [7, 11) is 0. The van der Waals surface area contributed by atoms with Crippen molar-refractivity contribution >= 4 is 17.1 Å². The summed E-state index contributed by atoms with van der Waals surface area (Å²) in [5, 5.41) is 4.75. The van der Waals surface area contributed by atoms with Gasteiger partial charge in [0.2, 0.25) is 0 Å². The van der Waals surface area contributed by atoms with Crippen LogP contribution in [0.4, 0.5) is 0 Å². The Morgan fingerprint density at radius 3 is 2.80 bits per heavy atom. The van der Waals surface area contributed by atoms with Crippen LogP contribution in [0.15, 0.2) is 35.6 Å². The van der Waals surface area contributed by atoms with Gasteiger partial charge in [-0.05, 0) is 37.6 Å². The molecule has 0 aliphatic carbocycles. The lowest BCUT2D eigenvalue weighted by molar-refractivity contribution is 0.623. The van der Waals surface area contributed by atoms with Gasteiger partial charge in [-0.3, -0.25) is 0 Å². The van der Waals surface area contributed by atoms with Gasteiger partial charge in [0.15, 0.2) is 0 Å². The fourth-order valence-corrected chi connectivity index (χ4v) is 1.80. The number of rotatable bonds is 2. The molecule has 0 unspecified atom stereocenters. The van der Waals surface area contributed by atoms with Crippen LogP contribution in [0.25, 0.3) is 10.9 Å². The van der Waals surface area contributed by atoms with Crippen LogP contribution in [0.3, 0.4) is 0 Å². The molecule has 1 aromatic carbocycles. The van der Waals surface area contributed by atoms with E-state index >= 15 is 0 Å². The molecule has 0 spiro atoms. The highest BCUT2D eigenvalue weighted by Crippen LogP contribution is 2.20. The normalized spacial score (nSPS) is 11.9. The minimum Gasteiger partial charge on any atom is -0.345 e. The number of fused-ring (bicyclic) bond motifs is 1. The van der Waals surface area contributed by atoms with Crippen molar-refractivity contribution in [2.75, 3.05) is 0 Å². The monoisotopic (exact) mass is 201 g/mol. The predicted octanol–water partition coefficient (Wildman–Crippen LogP) is 2.51. The first-order valence-electron chi connectivity index (χ1n) is 5.06. The third-order valence-electron chi connectivity index (χ3n) is 2.52. The second-order valence-corrected chi connectivity index (χ2v) is 3.91. The molecule has 15 heavy (non-hydrogen) atoms. The fraction of sp³-hybridized carbons (Fsp3) is 0.250. The van der Waals surface area contributed by atoms with Crippen LogP contribution in [-0.4, -0.2) is 10.8 Å². The maximum absolute atomic E-state index is 5.12. The standard InChI is InChI=1S/C12H15N3/c1-9(2)15-6-5-11-7-10(8-14-13)3-4-12(11)15/h3-9H,13H2,1-2H3. The van der Waals surface area contributed by atoms with E-state index in [0.717, 1.165) is 5.56 Å². The van der Waals surface area contributed by atoms with Gasteiger partial charge in [-0.25, -0.2) is 0 Å². The van der Waals surface area contributed by atoms with Crippen molar-refractivity contribution < 1.29 is 0 Å². The molecular weight excluding hydrogens is 186 g/mol. The molecule has 0 radical (unpaired) electrons. The summed E-state index contributed by atoms with van der Waals surface area (Å²) < 4.78 is 2.25. The van der Waals surface area contributed by atoms with Crippen LogP contribution in [-0.2, 0) is 0 Å². The Labute approximate surface area is 89.2 Å². The van der Waals surface area contributed by atoms with E-state index in [4.69, 9.17) is 5.84 Å². The van der Waals surface area contributed by atoms with Gasteiger partial charge in [0, 0.05) is 23.1 Å². The van der Waals surface area contributed by atoms with Crippen LogP contribution in [0.1, 0.15) is 25.5 Å². The minimum absolute atomic E-state index is 0.483. The molecule has 0 saturated heterocycles. The topological polar surface area (TPSA) is 43.3 Å². The van der Waals surface area contributed by atoms with E-state index in [9.17, 15) is 0 Å². The van der Waals surface area contributed by atoms with E-state index < -0.39 is 0 Å². The van der Waals surface area contributed by atoms with Crippen molar-refractivity contribution in [3.05, 3.63) is 36.0 Å². The molecule has 0 aliphatic rings. The van der Waals surface area contributed by atoms with E-state index in [1.165, 1.54) is 10.9 Å². The molecule has 78 valence electrons. The number of hydrogen-bond donors (Lipinski definition) is 1. The van der Waals surface area contributed by atoms with Crippen LogP contribution in [0.5, 0.6) is 0 Å². The van der Waals surface area contributed by atoms with Crippen molar-refractivity contribution in [1.29, 1.82) is 0 Å². The van der Waals surface area contributed by atoms with Crippen LogP contribution < -0.4 is 5.84 Å². The second kappa shape index (κ2) is 3.77. The average Bonchev–Trinajstić information content (AvgIpc) is 2.61. The van der Waals surface area contributed by atoms with Gasteiger partial charge >= 0.3 is 0 Å². The number of aromatic nitrogens is 1. The zero-order valence-corrected chi connectivity index (χ0v) is 9.01. The van der Waals surface area contributed by atoms with Gasteiger partial charge in [0.05, 0.1) is 6.21 Å². The highest BCUT2D eigenvalue weighted by Gasteiger charge is 2.03. The molecule has 0 bridgehead atoms. The smallest absolute Gasteiger partial charge is 0.0538 e. The van der Waals surface area contributed by atoms with Gasteiger partial charge in [-0.15, -0.1) is 0 Å². The fourth-order valence-electron chi connectivity index (χ4n) is 1.80. The largest absolute Gasteiger partial charge is 0.345 e. The van der Waals surface area contributed by atoms with Crippen molar-refractivity contribution in [3.63, 3.8) is 0 Å². The Morgan fingerprint density at radius 1 is 1.33 bits per heavy atom. The number of nitrogens with zero attached hydrogens (tertiary/aromatic N) is 2. The van der Waals surface area contributed by atoms with Gasteiger partial charge in [-0.2, -0.15) is 5.10 Å². The SMILES string of the molecule is CC(C)n1ccc2cc(C=NN)ccc21. The third-order valence-corrected chi connectivity index (χ3v) is 2.52. The first-order chi connectivity index (χ1) is 7.22. The summed E-state index contributed by atoms with van der Waals surface area (Å²) in [5.74, 6) is 5.12. The Bertz CT molecular complexity index is 495. The van der Waals surface area contributed by atoms with E-state index in [1.807, 2.05) is 6.07 Å². The molecule has 2 rings (SSSR count). The Morgan fingerprint density at radius 2 is 2.13 bits per heavy atom. The minimum atomic E-state index is 0.483. The highest BCUT2D eigenvalue weighted by atomic mass is 15.1. The molecule has 2 aromatic rings. The van der Waals surface area contributed by atoms with Crippen molar-refractivity contribution in [3.8, 4) is 0 Å². The summed E-state index contributed by atoms with van der Waals surface area (Å²) in [5.41, 5.74) is 2.28. The predicted molar refractivity (Wildman–Crippen MR) is 64.1 cm³/mol. The van der Waals surface area contributed by atoms with Crippen molar-refractivity contribution in [2.45, 2.75) is 19.9 Å². The third kappa shape index (κ3) is 1.73. The number of hydrazone groups is 1. The molecule has 0 amide bonds. The lowest BCUT2D eigenvalue weighted by Crippen LogP contribution is -1.97. The maximum atomic E-state index is 5.12.